The number of allylic oxidation sites excluding steroid dienone is 1. The van der Waals surface area contributed by atoms with Crippen molar-refractivity contribution in [1.82, 2.24) is 14.6 Å². The highest BCUT2D eigenvalue weighted by Gasteiger charge is 2.37. The van der Waals surface area contributed by atoms with Gasteiger partial charge in [-0.25, -0.2) is 9.50 Å². The molecule has 0 atom stereocenters. The summed E-state index contributed by atoms with van der Waals surface area (Å²) in [5.41, 5.74) is 3.50. The number of aromatic nitrogens is 3. The molecule has 21 heavy (non-hydrogen) atoms. The van der Waals surface area contributed by atoms with Crippen LogP contribution < -0.4 is 0 Å². The first-order valence-corrected chi connectivity index (χ1v) is 7.06. The van der Waals surface area contributed by atoms with Crippen LogP contribution in [0.25, 0.3) is 11.2 Å². The molecule has 2 aliphatic rings. The maximum atomic E-state index is 11.1. The van der Waals surface area contributed by atoms with Crippen molar-refractivity contribution >= 4 is 17.5 Å². The van der Waals surface area contributed by atoms with Gasteiger partial charge in [0.2, 0.25) is 0 Å². The van der Waals surface area contributed by atoms with Crippen molar-refractivity contribution < 1.29 is 14.3 Å². The van der Waals surface area contributed by atoms with Gasteiger partial charge in [0.25, 0.3) is 0 Å². The summed E-state index contributed by atoms with van der Waals surface area (Å²) in [6.45, 7) is 1.33. The van der Waals surface area contributed by atoms with Crippen LogP contribution in [0.2, 0.25) is 0 Å². The number of fused-ring (bicyclic) bond motifs is 1. The zero-order valence-electron chi connectivity index (χ0n) is 11.5. The minimum Gasteiger partial charge on any atom is -0.347 e. The fourth-order valence-corrected chi connectivity index (χ4v) is 3.06. The van der Waals surface area contributed by atoms with Gasteiger partial charge in [0.15, 0.2) is 17.7 Å². The van der Waals surface area contributed by atoms with Gasteiger partial charge in [-0.3, -0.25) is 4.79 Å². The van der Waals surface area contributed by atoms with E-state index in [1.54, 1.807) is 10.7 Å². The Morgan fingerprint density at radius 1 is 1.33 bits per heavy atom. The van der Waals surface area contributed by atoms with Crippen molar-refractivity contribution in [3.8, 4) is 0 Å². The molecule has 0 bridgehead atoms. The first-order chi connectivity index (χ1) is 10.3. The number of nitrogens with zero attached hydrogens (tertiary/aromatic N) is 3. The third kappa shape index (κ3) is 2.07. The van der Waals surface area contributed by atoms with E-state index in [0.717, 1.165) is 36.8 Å². The van der Waals surface area contributed by atoms with Crippen LogP contribution in [-0.4, -0.2) is 39.9 Å². The SMILES string of the molecule is O=Cc1cc(C2=CCC3(CC2)OCCO3)c2ncnn2c1. The van der Waals surface area contributed by atoms with Crippen LogP contribution >= 0.6 is 0 Å². The van der Waals surface area contributed by atoms with Crippen LogP contribution in [0.3, 0.4) is 0 Å². The summed E-state index contributed by atoms with van der Waals surface area (Å²) in [5.74, 6) is -0.435. The van der Waals surface area contributed by atoms with Gasteiger partial charge in [-0.15, -0.1) is 0 Å². The van der Waals surface area contributed by atoms with E-state index in [9.17, 15) is 4.79 Å². The molecule has 6 heteroatoms. The Balaban J connectivity index is 1.75. The van der Waals surface area contributed by atoms with E-state index in [1.807, 2.05) is 6.07 Å². The van der Waals surface area contributed by atoms with Crippen LogP contribution in [0.1, 0.15) is 35.2 Å². The molecule has 3 heterocycles. The van der Waals surface area contributed by atoms with Gasteiger partial charge < -0.3 is 9.47 Å². The highest BCUT2D eigenvalue weighted by Crippen LogP contribution is 2.38. The number of pyridine rings is 1. The lowest BCUT2D eigenvalue weighted by atomic mass is 9.90. The lowest BCUT2D eigenvalue weighted by molar-refractivity contribution is -0.159. The molecule has 0 aromatic carbocycles. The molecule has 0 radical (unpaired) electrons. The standard InChI is InChI=1S/C15H15N3O3/c19-9-11-7-13(14-16-10-17-18(14)8-11)12-1-3-15(4-2-12)20-5-6-21-15/h1,7-10H,2-6H2. The second-order valence-corrected chi connectivity index (χ2v) is 5.37. The Morgan fingerprint density at radius 3 is 2.90 bits per heavy atom. The molecule has 1 saturated heterocycles. The topological polar surface area (TPSA) is 65.7 Å². The second kappa shape index (κ2) is 4.75. The summed E-state index contributed by atoms with van der Waals surface area (Å²) in [6.07, 6.45) is 8.55. The summed E-state index contributed by atoms with van der Waals surface area (Å²) in [5, 5.41) is 4.12. The van der Waals surface area contributed by atoms with Gasteiger partial charge in [0.1, 0.15) is 6.33 Å². The Bertz CT molecular complexity index is 729. The number of carbonyl (C=O) groups is 1. The molecule has 1 aliphatic heterocycles. The monoisotopic (exact) mass is 285 g/mol. The van der Waals surface area contributed by atoms with Crippen LogP contribution in [-0.2, 0) is 9.47 Å². The molecule has 2 aromatic heterocycles. The van der Waals surface area contributed by atoms with Crippen LogP contribution in [0.4, 0.5) is 0 Å². The van der Waals surface area contributed by atoms with Crippen molar-refractivity contribution in [2.75, 3.05) is 13.2 Å². The van der Waals surface area contributed by atoms with E-state index >= 15 is 0 Å². The highest BCUT2D eigenvalue weighted by atomic mass is 16.7. The summed E-state index contributed by atoms with van der Waals surface area (Å²) in [6, 6.07) is 1.87. The summed E-state index contributed by atoms with van der Waals surface area (Å²) >= 11 is 0. The predicted molar refractivity (Wildman–Crippen MR) is 74.8 cm³/mol. The van der Waals surface area contributed by atoms with Crippen molar-refractivity contribution in [3.63, 3.8) is 0 Å². The summed E-state index contributed by atoms with van der Waals surface area (Å²) in [7, 11) is 0. The summed E-state index contributed by atoms with van der Waals surface area (Å²) < 4.78 is 13.1. The molecule has 0 N–H and O–H groups in total. The molecule has 0 amide bonds. The minimum absolute atomic E-state index is 0.435. The average molecular weight is 285 g/mol. The second-order valence-electron chi connectivity index (χ2n) is 5.37. The Kier molecular flexibility index (Phi) is 2.87. The Labute approximate surface area is 121 Å². The smallest absolute Gasteiger partial charge is 0.172 e. The Morgan fingerprint density at radius 2 is 2.19 bits per heavy atom. The van der Waals surface area contributed by atoms with Gasteiger partial charge >= 0.3 is 0 Å². The van der Waals surface area contributed by atoms with Gasteiger partial charge in [-0.1, -0.05) is 6.08 Å². The molecular formula is C15H15N3O3. The van der Waals surface area contributed by atoms with Crippen molar-refractivity contribution in [1.29, 1.82) is 0 Å². The largest absolute Gasteiger partial charge is 0.347 e. The lowest BCUT2D eigenvalue weighted by Crippen LogP contribution is -2.31. The van der Waals surface area contributed by atoms with Crippen molar-refractivity contribution in [2.45, 2.75) is 25.0 Å². The first-order valence-electron chi connectivity index (χ1n) is 7.06. The number of hydrogen-bond acceptors (Lipinski definition) is 5. The van der Waals surface area contributed by atoms with Gasteiger partial charge in [-0.2, -0.15) is 5.10 Å². The van der Waals surface area contributed by atoms with E-state index in [4.69, 9.17) is 9.47 Å². The van der Waals surface area contributed by atoms with Crippen LogP contribution in [0.5, 0.6) is 0 Å². The maximum absolute atomic E-state index is 11.1. The Hall–Kier alpha value is -2.05. The van der Waals surface area contributed by atoms with E-state index in [-0.39, 0.29) is 0 Å². The number of rotatable bonds is 2. The van der Waals surface area contributed by atoms with Crippen LogP contribution in [0, 0.1) is 0 Å². The molecular weight excluding hydrogens is 270 g/mol. The number of aldehydes is 1. The zero-order valence-corrected chi connectivity index (χ0v) is 11.5. The molecule has 1 aliphatic carbocycles. The van der Waals surface area contributed by atoms with Crippen LogP contribution in [0.15, 0.2) is 24.7 Å². The molecule has 0 unspecified atom stereocenters. The molecule has 2 aromatic rings. The zero-order chi connectivity index (χ0) is 14.3. The van der Waals surface area contributed by atoms with Crippen molar-refractivity contribution in [2.24, 2.45) is 0 Å². The average Bonchev–Trinajstić information content (AvgIpc) is 3.16. The van der Waals surface area contributed by atoms with E-state index in [0.29, 0.717) is 18.8 Å². The normalized spacial score (nSPS) is 20.9. The third-order valence-electron chi connectivity index (χ3n) is 4.13. The fourth-order valence-electron chi connectivity index (χ4n) is 3.06. The first kappa shape index (κ1) is 12.7. The maximum Gasteiger partial charge on any atom is 0.172 e. The molecule has 6 nitrogen and oxygen atoms in total. The highest BCUT2D eigenvalue weighted by molar-refractivity contribution is 5.82. The lowest BCUT2D eigenvalue weighted by Gasteiger charge is -2.30. The molecule has 0 saturated carbocycles. The molecule has 1 spiro atoms. The number of ether oxygens (including phenoxy) is 2. The quantitative estimate of drug-likeness (QED) is 0.788. The van der Waals surface area contributed by atoms with E-state index < -0.39 is 5.79 Å². The van der Waals surface area contributed by atoms with Gasteiger partial charge in [0, 0.05) is 30.2 Å². The fraction of sp³-hybridized carbons (Fsp3) is 0.400. The van der Waals surface area contributed by atoms with Crippen molar-refractivity contribution in [3.05, 3.63) is 35.8 Å². The number of hydrogen-bond donors (Lipinski definition) is 0. The van der Waals surface area contributed by atoms with Gasteiger partial charge in [-0.05, 0) is 18.1 Å². The third-order valence-corrected chi connectivity index (χ3v) is 4.13. The number of carbonyl (C=O) groups excluding carboxylic acids is 1. The van der Waals surface area contributed by atoms with Gasteiger partial charge in [0.05, 0.1) is 13.2 Å². The molecule has 108 valence electrons. The van der Waals surface area contributed by atoms with E-state index in [1.165, 1.54) is 11.9 Å². The minimum atomic E-state index is -0.435. The molecule has 4 rings (SSSR count). The summed E-state index contributed by atoms with van der Waals surface area (Å²) in [4.78, 5) is 15.4. The molecule has 1 fully saturated rings. The van der Waals surface area contributed by atoms with E-state index in [2.05, 4.69) is 16.2 Å². The predicted octanol–water partition coefficient (Wildman–Crippen LogP) is 1.85.